The second-order valence-electron chi connectivity index (χ2n) is 8.94. The van der Waals surface area contributed by atoms with Crippen molar-refractivity contribution in [3.8, 4) is 17.1 Å². The van der Waals surface area contributed by atoms with E-state index >= 15 is 0 Å². The number of aryl methyl sites for hydroxylation is 1. The third kappa shape index (κ3) is 5.27. The van der Waals surface area contributed by atoms with E-state index < -0.39 is 10.0 Å². The van der Waals surface area contributed by atoms with Crippen LogP contribution in [0.3, 0.4) is 0 Å². The van der Waals surface area contributed by atoms with Crippen molar-refractivity contribution in [1.29, 1.82) is 0 Å². The predicted molar refractivity (Wildman–Crippen MR) is 156 cm³/mol. The van der Waals surface area contributed by atoms with E-state index in [9.17, 15) is 8.42 Å². The van der Waals surface area contributed by atoms with Crippen molar-refractivity contribution in [2.24, 2.45) is 0 Å². The van der Waals surface area contributed by atoms with Crippen LogP contribution in [0.15, 0.2) is 81.8 Å². The topological polar surface area (TPSA) is 96.7 Å². The van der Waals surface area contributed by atoms with Gasteiger partial charge in [-0.15, -0.1) is 0 Å². The maximum atomic E-state index is 11.8. The minimum Gasteiger partial charge on any atom is -0.494 e. The van der Waals surface area contributed by atoms with Crippen LogP contribution in [0.25, 0.3) is 11.3 Å². The molecule has 2 N–H and O–H groups in total. The number of benzene rings is 2. The Morgan fingerprint density at radius 1 is 1.13 bits per heavy atom. The number of halogens is 1. The first-order valence-electron chi connectivity index (χ1n) is 11.7. The van der Waals surface area contributed by atoms with Gasteiger partial charge in [-0.3, -0.25) is 9.71 Å². The molecule has 1 aliphatic rings. The summed E-state index contributed by atoms with van der Waals surface area (Å²) in [5.41, 5.74) is 3.92. The third-order valence-electron chi connectivity index (χ3n) is 6.17. The summed E-state index contributed by atoms with van der Waals surface area (Å²) in [5, 5.41) is 3.88. The van der Waals surface area contributed by atoms with Crippen LogP contribution in [0.1, 0.15) is 29.1 Å². The van der Waals surface area contributed by atoms with Gasteiger partial charge in [0.25, 0.3) is 0 Å². The Kier molecular flexibility index (Phi) is 7.17. The van der Waals surface area contributed by atoms with E-state index in [4.69, 9.17) is 21.4 Å². The number of sulfonamides is 1. The molecule has 0 aliphatic carbocycles. The summed E-state index contributed by atoms with van der Waals surface area (Å²) in [6.45, 7) is 2.04. The second-order valence-corrected chi connectivity index (χ2v) is 11.9. The van der Waals surface area contributed by atoms with E-state index in [1.807, 2.05) is 60.4 Å². The number of furan rings is 1. The summed E-state index contributed by atoms with van der Waals surface area (Å²) < 4.78 is 39.0. The summed E-state index contributed by atoms with van der Waals surface area (Å²) in [7, 11) is -2.00. The molecule has 2 atom stereocenters. The van der Waals surface area contributed by atoms with E-state index in [1.54, 1.807) is 24.4 Å². The monoisotopic (exact) mass is 612 g/mol. The Balaban J connectivity index is 1.60. The minimum atomic E-state index is -3.49. The zero-order chi connectivity index (χ0) is 27.0. The van der Waals surface area contributed by atoms with Crippen molar-refractivity contribution < 1.29 is 17.6 Å². The summed E-state index contributed by atoms with van der Waals surface area (Å²) in [6.07, 6.45) is 2.83. The first-order valence-corrected chi connectivity index (χ1v) is 14.8. The molecule has 11 heteroatoms. The number of nitrogens with one attached hydrogen (secondary N) is 2. The number of thiocarbonyl (C=S) groups is 1. The third-order valence-corrected chi connectivity index (χ3v) is 7.73. The highest BCUT2D eigenvalue weighted by Crippen LogP contribution is 2.45. The highest BCUT2D eigenvalue weighted by molar-refractivity contribution is 9.10. The van der Waals surface area contributed by atoms with Crippen molar-refractivity contribution in [1.82, 2.24) is 10.3 Å². The zero-order valence-electron chi connectivity index (χ0n) is 20.8. The Morgan fingerprint density at radius 2 is 1.95 bits per heavy atom. The molecule has 38 heavy (non-hydrogen) atoms. The fourth-order valence-electron chi connectivity index (χ4n) is 4.51. The molecule has 2 aromatic carbocycles. The van der Waals surface area contributed by atoms with Gasteiger partial charge in [-0.2, -0.15) is 0 Å². The molecule has 3 heterocycles. The minimum absolute atomic E-state index is 0.302. The van der Waals surface area contributed by atoms with Gasteiger partial charge in [0.1, 0.15) is 23.3 Å². The Bertz CT molecular complexity index is 1610. The molecule has 4 aromatic rings. The van der Waals surface area contributed by atoms with Crippen LogP contribution in [-0.2, 0) is 10.0 Å². The number of hydrogen-bond donors (Lipinski definition) is 2. The quantitative estimate of drug-likeness (QED) is 0.246. The molecular weight excluding hydrogens is 588 g/mol. The lowest BCUT2D eigenvalue weighted by Gasteiger charge is -2.27. The van der Waals surface area contributed by atoms with Gasteiger partial charge < -0.3 is 19.4 Å². The smallest absolute Gasteiger partial charge is 0.229 e. The van der Waals surface area contributed by atoms with E-state index in [2.05, 4.69) is 31.0 Å². The molecule has 1 saturated heterocycles. The standard InChI is InChI=1S/C27H25BrN4O4S2/c1-16-7-9-18(19(28)14-16)22-11-12-23(36-22)26-25(21-6-4-5-13-29-21)30-27(37)32(26)17-8-10-20(24(15-17)35-2)31-38(3,33)34/h4-15,25-26,31H,1-3H3,(H,30,37)/t25-,26+/m0/s1. The Labute approximate surface area is 235 Å². The molecule has 0 saturated carbocycles. The molecule has 2 aromatic heterocycles. The summed E-state index contributed by atoms with van der Waals surface area (Å²) in [4.78, 5) is 6.52. The maximum absolute atomic E-state index is 11.8. The van der Waals surface area contributed by atoms with E-state index in [-0.39, 0.29) is 12.1 Å². The van der Waals surface area contributed by atoms with Crippen molar-refractivity contribution in [3.05, 3.63) is 94.4 Å². The molecule has 1 fully saturated rings. The number of nitrogens with zero attached hydrogens (tertiary/aromatic N) is 2. The van der Waals surface area contributed by atoms with Gasteiger partial charge in [0, 0.05) is 28.0 Å². The average molecular weight is 614 g/mol. The first-order chi connectivity index (χ1) is 18.1. The van der Waals surface area contributed by atoms with Gasteiger partial charge in [-0.25, -0.2) is 8.42 Å². The number of anilines is 2. The lowest BCUT2D eigenvalue weighted by molar-refractivity contribution is 0.416. The number of aromatic nitrogens is 1. The van der Waals surface area contributed by atoms with E-state index in [0.29, 0.717) is 28.0 Å². The Morgan fingerprint density at radius 3 is 2.63 bits per heavy atom. The molecule has 1 aliphatic heterocycles. The normalized spacial score (nSPS) is 17.4. The van der Waals surface area contributed by atoms with Crippen molar-refractivity contribution >= 4 is 54.7 Å². The van der Waals surface area contributed by atoms with Crippen LogP contribution in [0.5, 0.6) is 5.75 Å². The van der Waals surface area contributed by atoms with Crippen molar-refractivity contribution in [3.63, 3.8) is 0 Å². The maximum Gasteiger partial charge on any atom is 0.229 e. The lowest BCUT2D eigenvalue weighted by atomic mass is 10.0. The van der Waals surface area contributed by atoms with Gasteiger partial charge in [-0.1, -0.05) is 28.1 Å². The number of ether oxygens (including phenoxy) is 1. The fourth-order valence-corrected chi connectivity index (χ4v) is 6.11. The highest BCUT2D eigenvalue weighted by atomic mass is 79.9. The number of rotatable bonds is 7. The number of methoxy groups -OCH3 is 1. The van der Waals surface area contributed by atoms with Crippen LogP contribution in [0.2, 0.25) is 0 Å². The van der Waals surface area contributed by atoms with Crippen LogP contribution >= 0.6 is 28.1 Å². The molecule has 5 rings (SSSR count). The van der Waals surface area contributed by atoms with Gasteiger partial charge in [0.05, 0.1) is 30.8 Å². The molecule has 0 amide bonds. The van der Waals surface area contributed by atoms with Gasteiger partial charge >= 0.3 is 0 Å². The van der Waals surface area contributed by atoms with Crippen LogP contribution in [0.4, 0.5) is 11.4 Å². The molecule has 196 valence electrons. The van der Waals surface area contributed by atoms with E-state index in [0.717, 1.165) is 33.3 Å². The van der Waals surface area contributed by atoms with Crippen molar-refractivity contribution in [2.75, 3.05) is 23.0 Å². The number of pyridine rings is 1. The molecule has 0 spiro atoms. The molecular formula is C27H25BrN4O4S2. The van der Waals surface area contributed by atoms with Gasteiger partial charge in [-0.05, 0) is 73.2 Å². The first kappa shape index (κ1) is 26.2. The molecule has 0 radical (unpaired) electrons. The predicted octanol–water partition coefficient (Wildman–Crippen LogP) is 5.97. The number of hydrogen-bond acceptors (Lipinski definition) is 6. The summed E-state index contributed by atoms with van der Waals surface area (Å²) in [6, 6.07) is 20.2. The largest absolute Gasteiger partial charge is 0.494 e. The van der Waals surface area contributed by atoms with Crippen LogP contribution < -0.4 is 19.7 Å². The van der Waals surface area contributed by atoms with Crippen LogP contribution in [0, 0.1) is 6.92 Å². The molecule has 0 unspecified atom stereocenters. The highest BCUT2D eigenvalue weighted by Gasteiger charge is 2.43. The molecule has 0 bridgehead atoms. The van der Waals surface area contributed by atoms with E-state index in [1.165, 1.54) is 7.11 Å². The lowest BCUT2D eigenvalue weighted by Crippen LogP contribution is -2.29. The SMILES string of the molecule is COc1cc(N2C(=S)N[C@@H](c3ccccn3)[C@H]2c2ccc(-c3ccc(C)cc3Br)o2)ccc1NS(C)(=O)=O. The van der Waals surface area contributed by atoms with Crippen LogP contribution in [-0.4, -0.2) is 31.9 Å². The fraction of sp³-hybridized carbons (Fsp3) is 0.185. The van der Waals surface area contributed by atoms with Crippen molar-refractivity contribution in [2.45, 2.75) is 19.0 Å². The van der Waals surface area contributed by atoms with Gasteiger partial charge in [0.15, 0.2) is 5.11 Å². The summed E-state index contributed by atoms with van der Waals surface area (Å²) in [5.74, 6) is 1.77. The summed E-state index contributed by atoms with van der Waals surface area (Å²) >= 11 is 9.45. The van der Waals surface area contributed by atoms with Gasteiger partial charge in [0.2, 0.25) is 10.0 Å². The molecule has 8 nitrogen and oxygen atoms in total. The average Bonchev–Trinajstić information content (AvgIpc) is 3.48. The zero-order valence-corrected chi connectivity index (χ0v) is 24.0. The second kappa shape index (κ2) is 10.4. The Hall–Kier alpha value is -3.41.